The van der Waals surface area contributed by atoms with Gasteiger partial charge in [-0.25, -0.2) is 5.43 Å². The maximum absolute atomic E-state index is 12.0. The minimum atomic E-state index is -0.550. The molecular formula is C20H21N3O4. The van der Waals surface area contributed by atoms with E-state index in [4.69, 9.17) is 4.74 Å². The van der Waals surface area contributed by atoms with Crippen molar-refractivity contribution >= 4 is 17.3 Å². The molecule has 0 fully saturated rings. The summed E-state index contributed by atoms with van der Waals surface area (Å²) in [5.74, 6) is -0.432. The van der Waals surface area contributed by atoms with Gasteiger partial charge in [-0.05, 0) is 61.4 Å². The molecule has 7 nitrogen and oxygen atoms in total. The van der Waals surface area contributed by atoms with Gasteiger partial charge in [-0.1, -0.05) is 24.3 Å². The van der Waals surface area contributed by atoms with Crippen LogP contribution in [-0.4, -0.2) is 23.1 Å². The quantitative estimate of drug-likeness (QED) is 0.481. The Morgan fingerprint density at radius 1 is 1.19 bits per heavy atom. The van der Waals surface area contributed by atoms with Crippen LogP contribution in [0.3, 0.4) is 0 Å². The van der Waals surface area contributed by atoms with E-state index < -0.39 is 10.8 Å². The predicted octanol–water partition coefficient (Wildman–Crippen LogP) is 3.39. The van der Waals surface area contributed by atoms with Gasteiger partial charge in [-0.15, -0.1) is 0 Å². The van der Waals surface area contributed by atoms with Crippen LogP contribution in [0.25, 0.3) is 0 Å². The number of aryl methyl sites for hydroxylation is 2. The van der Waals surface area contributed by atoms with Crippen LogP contribution in [0.15, 0.2) is 47.6 Å². The molecule has 1 aliphatic carbocycles. The fourth-order valence-corrected chi connectivity index (χ4v) is 3.07. The number of carbonyl (C=O) groups excluding carboxylic acids is 1. The second kappa shape index (κ2) is 8.44. The topological polar surface area (TPSA) is 93.8 Å². The lowest BCUT2D eigenvalue weighted by atomic mass is 9.90. The lowest BCUT2D eigenvalue weighted by Crippen LogP contribution is -2.25. The molecule has 2 aromatic rings. The van der Waals surface area contributed by atoms with Gasteiger partial charge in [0, 0.05) is 6.07 Å². The fraction of sp³-hybridized carbons (Fsp3) is 0.300. The largest absolute Gasteiger partial charge is 0.477 e. The van der Waals surface area contributed by atoms with Crippen molar-refractivity contribution < 1.29 is 14.5 Å². The summed E-state index contributed by atoms with van der Waals surface area (Å²) in [6, 6.07) is 12.2. The Morgan fingerprint density at radius 3 is 2.70 bits per heavy atom. The molecule has 0 saturated carbocycles. The summed E-state index contributed by atoms with van der Waals surface area (Å²) in [6.07, 6.45) is 4.62. The van der Waals surface area contributed by atoms with Gasteiger partial charge in [0.15, 0.2) is 12.4 Å². The Hall–Kier alpha value is -3.22. The first kappa shape index (κ1) is 18.6. The monoisotopic (exact) mass is 367 g/mol. The van der Waals surface area contributed by atoms with E-state index in [2.05, 4.69) is 22.7 Å². The molecule has 0 aliphatic heterocycles. The fourth-order valence-electron chi connectivity index (χ4n) is 3.07. The van der Waals surface area contributed by atoms with Crippen LogP contribution in [-0.2, 0) is 17.6 Å². The molecule has 1 amide bonds. The van der Waals surface area contributed by atoms with Crippen LogP contribution < -0.4 is 10.2 Å². The molecule has 0 saturated heterocycles. The minimum Gasteiger partial charge on any atom is -0.477 e. The summed E-state index contributed by atoms with van der Waals surface area (Å²) in [5, 5.41) is 15.1. The lowest BCUT2D eigenvalue weighted by molar-refractivity contribution is -0.385. The second-order valence-corrected chi connectivity index (χ2v) is 6.44. The van der Waals surface area contributed by atoms with E-state index in [-0.39, 0.29) is 18.0 Å². The number of hydrogen-bond acceptors (Lipinski definition) is 5. The number of fused-ring (bicyclic) bond motifs is 1. The summed E-state index contributed by atoms with van der Waals surface area (Å²) in [6.45, 7) is 1.47. The van der Waals surface area contributed by atoms with Crippen molar-refractivity contribution in [2.24, 2.45) is 5.10 Å². The molecular weight excluding hydrogens is 346 g/mol. The molecule has 0 heterocycles. The number of para-hydroxylation sites is 2. The van der Waals surface area contributed by atoms with Gasteiger partial charge in [0.25, 0.3) is 5.91 Å². The van der Waals surface area contributed by atoms with Gasteiger partial charge in [-0.3, -0.25) is 14.9 Å². The van der Waals surface area contributed by atoms with Crippen LogP contribution >= 0.6 is 0 Å². The van der Waals surface area contributed by atoms with Gasteiger partial charge in [0.1, 0.15) is 0 Å². The van der Waals surface area contributed by atoms with E-state index in [1.807, 2.05) is 13.0 Å². The van der Waals surface area contributed by atoms with Crippen LogP contribution in [0.1, 0.15) is 36.5 Å². The molecule has 1 N–H and O–H groups in total. The third-order valence-corrected chi connectivity index (χ3v) is 4.54. The average molecular weight is 367 g/mol. The first-order chi connectivity index (χ1) is 13.0. The summed E-state index contributed by atoms with van der Waals surface area (Å²) in [7, 11) is 0. The van der Waals surface area contributed by atoms with Crippen molar-refractivity contribution in [2.75, 3.05) is 6.61 Å². The summed E-state index contributed by atoms with van der Waals surface area (Å²) >= 11 is 0. The van der Waals surface area contributed by atoms with Crippen LogP contribution in [0.4, 0.5) is 5.69 Å². The van der Waals surface area contributed by atoms with Crippen molar-refractivity contribution in [2.45, 2.75) is 32.6 Å². The molecule has 1 aliphatic rings. The van der Waals surface area contributed by atoms with Crippen molar-refractivity contribution in [1.29, 1.82) is 0 Å². The molecule has 27 heavy (non-hydrogen) atoms. The van der Waals surface area contributed by atoms with Crippen LogP contribution in [0.5, 0.6) is 5.75 Å². The van der Waals surface area contributed by atoms with Crippen molar-refractivity contribution in [1.82, 2.24) is 5.43 Å². The summed E-state index contributed by atoms with van der Waals surface area (Å²) in [4.78, 5) is 22.3. The maximum atomic E-state index is 12.0. The highest BCUT2D eigenvalue weighted by Gasteiger charge is 2.15. The molecule has 0 spiro atoms. The standard InChI is InChI=1S/C20H21N3O4/c1-14(16-11-10-15-6-2-3-7-17(15)12-16)21-22-20(24)13-27-19-9-5-4-8-18(19)23(25)26/h4-5,8-12H,2-3,6-7,13H2,1H3,(H,22,24). The van der Waals surface area contributed by atoms with E-state index in [1.54, 1.807) is 6.07 Å². The van der Waals surface area contributed by atoms with Crippen molar-refractivity contribution in [3.8, 4) is 5.75 Å². The molecule has 0 atom stereocenters. The van der Waals surface area contributed by atoms with Crippen LogP contribution in [0.2, 0.25) is 0 Å². The molecule has 0 radical (unpaired) electrons. The third kappa shape index (κ3) is 4.69. The SMILES string of the molecule is CC(=NNC(=O)COc1ccccc1[N+](=O)[O-])c1ccc2c(c1)CCCC2. The number of amides is 1. The number of hydrogen-bond donors (Lipinski definition) is 1. The van der Waals surface area contributed by atoms with Crippen molar-refractivity contribution in [3.63, 3.8) is 0 Å². The zero-order valence-electron chi connectivity index (χ0n) is 15.1. The molecule has 0 bridgehead atoms. The molecule has 0 unspecified atom stereocenters. The lowest BCUT2D eigenvalue weighted by Gasteiger charge is -2.16. The smallest absolute Gasteiger partial charge is 0.310 e. The average Bonchev–Trinajstić information content (AvgIpc) is 2.70. The minimum absolute atomic E-state index is 0.0491. The predicted molar refractivity (Wildman–Crippen MR) is 102 cm³/mol. The Kier molecular flexibility index (Phi) is 5.80. The van der Waals surface area contributed by atoms with Gasteiger partial charge < -0.3 is 4.74 Å². The Bertz CT molecular complexity index is 893. The van der Waals surface area contributed by atoms with E-state index in [0.717, 1.165) is 18.4 Å². The summed E-state index contributed by atoms with van der Waals surface area (Å²) < 4.78 is 5.25. The Labute approximate surface area is 157 Å². The Balaban J connectivity index is 1.59. The number of carbonyl (C=O) groups is 1. The Morgan fingerprint density at radius 2 is 1.93 bits per heavy atom. The van der Waals surface area contributed by atoms with E-state index in [9.17, 15) is 14.9 Å². The number of benzene rings is 2. The van der Waals surface area contributed by atoms with Gasteiger partial charge in [-0.2, -0.15) is 5.10 Å². The number of nitrogens with one attached hydrogen (secondary N) is 1. The first-order valence-corrected chi connectivity index (χ1v) is 8.86. The molecule has 2 aromatic carbocycles. The molecule has 0 aromatic heterocycles. The molecule has 140 valence electrons. The van der Waals surface area contributed by atoms with Crippen LogP contribution in [0, 0.1) is 10.1 Å². The van der Waals surface area contributed by atoms with Gasteiger partial charge in [0.05, 0.1) is 10.6 Å². The first-order valence-electron chi connectivity index (χ1n) is 8.86. The molecule has 3 rings (SSSR count). The third-order valence-electron chi connectivity index (χ3n) is 4.54. The number of hydrazone groups is 1. The van der Waals surface area contributed by atoms with E-state index in [1.165, 1.54) is 42.2 Å². The normalized spacial score (nSPS) is 13.6. The van der Waals surface area contributed by atoms with Gasteiger partial charge in [0.2, 0.25) is 0 Å². The van der Waals surface area contributed by atoms with Crippen molar-refractivity contribution in [3.05, 3.63) is 69.3 Å². The number of ether oxygens (including phenoxy) is 1. The zero-order chi connectivity index (χ0) is 19.2. The number of nitro groups is 1. The number of nitrogens with zero attached hydrogens (tertiary/aromatic N) is 2. The zero-order valence-corrected chi connectivity index (χ0v) is 15.1. The number of nitro benzene ring substituents is 1. The summed E-state index contributed by atoms with van der Waals surface area (Å²) in [5.41, 5.74) is 6.65. The highest BCUT2D eigenvalue weighted by molar-refractivity contribution is 5.99. The van der Waals surface area contributed by atoms with E-state index in [0.29, 0.717) is 5.71 Å². The number of rotatable bonds is 6. The van der Waals surface area contributed by atoms with E-state index >= 15 is 0 Å². The van der Waals surface area contributed by atoms with Gasteiger partial charge >= 0.3 is 5.69 Å². The highest BCUT2D eigenvalue weighted by Crippen LogP contribution is 2.25. The highest BCUT2D eigenvalue weighted by atomic mass is 16.6. The second-order valence-electron chi connectivity index (χ2n) is 6.44. The molecule has 7 heteroatoms. The maximum Gasteiger partial charge on any atom is 0.310 e.